The van der Waals surface area contributed by atoms with Crippen LogP contribution < -0.4 is 16.4 Å². The Balaban J connectivity index is 1.46. The highest BCUT2D eigenvalue weighted by molar-refractivity contribution is 5.78. The monoisotopic (exact) mass is 396 g/mol. The van der Waals surface area contributed by atoms with Gasteiger partial charge in [0.05, 0.1) is 0 Å². The standard InChI is InChI=1S/C25H21FN4/c1-17(29-23-11-9-22(27)10-12-23)18-4-3-7-24(15-18)30-25-13-8-20(16-28-25)19-5-2-6-21(26)14-19/h2-16,29H,1,27H2,(H,28,30). The molecule has 148 valence electrons. The molecule has 0 aliphatic carbocycles. The van der Waals surface area contributed by atoms with E-state index >= 15 is 0 Å². The van der Waals surface area contributed by atoms with Gasteiger partial charge in [-0.15, -0.1) is 0 Å². The van der Waals surface area contributed by atoms with Crippen molar-refractivity contribution in [1.29, 1.82) is 0 Å². The van der Waals surface area contributed by atoms with Gasteiger partial charge < -0.3 is 16.4 Å². The summed E-state index contributed by atoms with van der Waals surface area (Å²) >= 11 is 0. The average molecular weight is 396 g/mol. The lowest BCUT2D eigenvalue weighted by Gasteiger charge is -2.12. The maximum absolute atomic E-state index is 13.4. The Morgan fingerprint density at radius 1 is 0.833 bits per heavy atom. The SMILES string of the molecule is C=C(Nc1ccc(N)cc1)c1cccc(Nc2ccc(-c3cccc(F)c3)cn2)c1. The van der Waals surface area contributed by atoms with Crippen LogP contribution in [0.1, 0.15) is 5.56 Å². The van der Waals surface area contributed by atoms with Crippen molar-refractivity contribution in [3.05, 3.63) is 109 Å². The molecular weight excluding hydrogens is 375 g/mol. The highest BCUT2D eigenvalue weighted by Gasteiger charge is 2.04. The van der Waals surface area contributed by atoms with Gasteiger partial charge in [-0.2, -0.15) is 0 Å². The van der Waals surface area contributed by atoms with Crippen LogP contribution in [-0.4, -0.2) is 4.98 Å². The number of anilines is 4. The van der Waals surface area contributed by atoms with Crippen LogP contribution in [0.3, 0.4) is 0 Å². The summed E-state index contributed by atoms with van der Waals surface area (Å²) in [6.45, 7) is 4.13. The van der Waals surface area contributed by atoms with E-state index in [1.54, 1.807) is 12.3 Å². The zero-order chi connectivity index (χ0) is 20.9. The minimum Gasteiger partial charge on any atom is -0.399 e. The molecule has 0 fully saturated rings. The Morgan fingerprint density at radius 3 is 2.37 bits per heavy atom. The first-order valence-electron chi connectivity index (χ1n) is 9.48. The Kier molecular flexibility index (Phi) is 5.44. The predicted octanol–water partition coefficient (Wildman–Crippen LogP) is 6.30. The zero-order valence-corrected chi connectivity index (χ0v) is 16.3. The maximum Gasteiger partial charge on any atom is 0.130 e. The van der Waals surface area contributed by atoms with Gasteiger partial charge in [-0.25, -0.2) is 9.37 Å². The fraction of sp³-hybridized carbons (Fsp3) is 0. The van der Waals surface area contributed by atoms with Gasteiger partial charge in [-0.3, -0.25) is 0 Å². The van der Waals surface area contributed by atoms with Crippen molar-refractivity contribution in [2.75, 3.05) is 16.4 Å². The van der Waals surface area contributed by atoms with Crippen molar-refractivity contribution in [3.63, 3.8) is 0 Å². The zero-order valence-electron chi connectivity index (χ0n) is 16.3. The molecule has 0 aliphatic rings. The third-order valence-corrected chi connectivity index (χ3v) is 4.61. The summed E-state index contributed by atoms with van der Waals surface area (Å²) in [6.07, 6.45) is 1.72. The summed E-state index contributed by atoms with van der Waals surface area (Å²) in [4.78, 5) is 4.45. The van der Waals surface area contributed by atoms with E-state index in [1.807, 2.05) is 66.7 Å². The number of halogens is 1. The average Bonchev–Trinajstić information content (AvgIpc) is 2.76. The molecule has 0 radical (unpaired) electrons. The van der Waals surface area contributed by atoms with Crippen molar-refractivity contribution < 1.29 is 4.39 Å². The minimum absolute atomic E-state index is 0.265. The molecule has 1 heterocycles. The number of nitrogens with two attached hydrogens (primary N) is 1. The van der Waals surface area contributed by atoms with E-state index in [-0.39, 0.29) is 5.82 Å². The number of hydrogen-bond acceptors (Lipinski definition) is 4. The van der Waals surface area contributed by atoms with E-state index in [1.165, 1.54) is 12.1 Å². The number of nitrogen functional groups attached to an aromatic ring is 1. The molecule has 4 rings (SSSR count). The maximum atomic E-state index is 13.4. The Labute approximate surface area is 174 Å². The molecule has 0 amide bonds. The highest BCUT2D eigenvalue weighted by atomic mass is 19.1. The van der Waals surface area contributed by atoms with E-state index in [0.717, 1.165) is 33.8 Å². The fourth-order valence-corrected chi connectivity index (χ4v) is 3.05. The third kappa shape index (κ3) is 4.64. The Hall–Kier alpha value is -4.12. The lowest BCUT2D eigenvalue weighted by atomic mass is 10.1. The largest absolute Gasteiger partial charge is 0.399 e. The lowest BCUT2D eigenvalue weighted by Crippen LogP contribution is -1.99. The molecule has 30 heavy (non-hydrogen) atoms. The van der Waals surface area contributed by atoms with Crippen LogP contribution in [0.4, 0.5) is 27.3 Å². The molecule has 0 saturated heterocycles. The van der Waals surface area contributed by atoms with Gasteiger partial charge in [0.1, 0.15) is 11.6 Å². The second-order valence-electron chi connectivity index (χ2n) is 6.87. The molecule has 0 saturated carbocycles. The van der Waals surface area contributed by atoms with E-state index in [0.29, 0.717) is 11.5 Å². The van der Waals surface area contributed by atoms with Crippen molar-refractivity contribution in [2.45, 2.75) is 0 Å². The smallest absolute Gasteiger partial charge is 0.130 e. The van der Waals surface area contributed by atoms with Crippen LogP contribution in [-0.2, 0) is 0 Å². The second-order valence-corrected chi connectivity index (χ2v) is 6.87. The molecule has 0 spiro atoms. The highest BCUT2D eigenvalue weighted by Crippen LogP contribution is 2.24. The molecule has 0 aliphatic heterocycles. The van der Waals surface area contributed by atoms with Gasteiger partial charge in [0.15, 0.2) is 0 Å². The van der Waals surface area contributed by atoms with Gasteiger partial charge in [0.25, 0.3) is 0 Å². The second kappa shape index (κ2) is 8.49. The normalized spacial score (nSPS) is 10.4. The molecule has 4 N–H and O–H groups in total. The van der Waals surface area contributed by atoms with Crippen LogP contribution in [0.25, 0.3) is 16.8 Å². The molecule has 4 aromatic rings. The summed E-state index contributed by atoms with van der Waals surface area (Å²) in [6, 6.07) is 25.6. The van der Waals surface area contributed by atoms with E-state index in [4.69, 9.17) is 5.73 Å². The molecule has 0 unspecified atom stereocenters. The van der Waals surface area contributed by atoms with Gasteiger partial charge in [0.2, 0.25) is 0 Å². The van der Waals surface area contributed by atoms with Crippen LogP contribution in [0.5, 0.6) is 0 Å². The van der Waals surface area contributed by atoms with E-state index in [9.17, 15) is 4.39 Å². The first-order chi connectivity index (χ1) is 14.6. The van der Waals surface area contributed by atoms with E-state index < -0.39 is 0 Å². The van der Waals surface area contributed by atoms with Crippen LogP contribution >= 0.6 is 0 Å². The molecular formula is C25H21FN4. The first-order valence-corrected chi connectivity index (χ1v) is 9.48. The van der Waals surface area contributed by atoms with E-state index in [2.05, 4.69) is 22.2 Å². The Morgan fingerprint density at radius 2 is 1.63 bits per heavy atom. The quantitative estimate of drug-likeness (QED) is 0.335. The first kappa shape index (κ1) is 19.2. The summed E-state index contributed by atoms with van der Waals surface area (Å²) in [5.74, 6) is 0.434. The summed E-state index contributed by atoms with van der Waals surface area (Å²) < 4.78 is 13.4. The summed E-state index contributed by atoms with van der Waals surface area (Å²) in [5, 5.41) is 6.57. The van der Waals surface area contributed by atoms with Crippen molar-refractivity contribution >= 4 is 28.6 Å². The molecule has 3 aromatic carbocycles. The number of hydrogen-bond donors (Lipinski definition) is 3. The lowest BCUT2D eigenvalue weighted by molar-refractivity contribution is 0.628. The number of nitrogens with one attached hydrogen (secondary N) is 2. The molecule has 5 heteroatoms. The number of nitrogens with zero attached hydrogens (tertiary/aromatic N) is 1. The number of benzene rings is 3. The number of aromatic nitrogens is 1. The van der Waals surface area contributed by atoms with Crippen LogP contribution in [0.2, 0.25) is 0 Å². The third-order valence-electron chi connectivity index (χ3n) is 4.61. The number of pyridine rings is 1. The molecule has 0 bridgehead atoms. The van der Waals surface area contributed by atoms with Gasteiger partial charge in [-0.1, -0.05) is 30.8 Å². The fourth-order valence-electron chi connectivity index (χ4n) is 3.05. The van der Waals surface area contributed by atoms with Gasteiger partial charge in [-0.05, 0) is 71.8 Å². The minimum atomic E-state index is -0.265. The summed E-state index contributed by atoms with van der Waals surface area (Å²) in [7, 11) is 0. The molecule has 0 atom stereocenters. The molecule has 1 aromatic heterocycles. The topological polar surface area (TPSA) is 63.0 Å². The van der Waals surface area contributed by atoms with Crippen LogP contribution in [0.15, 0.2) is 97.7 Å². The molecule has 4 nitrogen and oxygen atoms in total. The van der Waals surface area contributed by atoms with Gasteiger partial charge in [0, 0.05) is 34.5 Å². The van der Waals surface area contributed by atoms with Crippen molar-refractivity contribution in [3.8, 4) is 11.1 Å². The number of rotatable bonds is 6. The Bertz CT molecular complexity index is 1170. The van der Waals surface area contributed by atoms with Crippen molar-refractivity contribution in [1.82, 2.24) is 4.98 Å². The summed E-state index contributed by atoms with van der Waals surface area (Å²) in [5.41, 5.74) is 11.6. The van der Waals surface area contributed by atoms with Crippen LogP contribution in [0, 0.1) is 5.82 Å². The predicted molar refractivity (Wildman–Crippen MR) is 123 cm³/mol. The van der Waals surface area contributed by atoms with Crippen molar-refractivity contribution in [2.24, 2.45) is 0 Å². The van der Waals surface area contributed by atoms with Gasteiger partial charge >= 0.3 is 0 Å².